The number of benzene rings is 2. The molecule has 0 radical (unpaired) electrons. The van der Waals surface area contributed by atoms with E-state index in [4.69, 9.17) is 17.2 Å². The van der Waals surface area contributed by atoms with Crippen LogP contribution in [-0.4, -0.2) is 100 Å². The molecule has 2 rings (SSSR count). The lowest BCUT2D eigenvalue weighted by Gasteiger charge is -2.27. The second-order valence-corrected chi connectivity index (χ2v) is 16.5. The van der Waals surface area contributed by atoms with Crippen molar-refractivity contribution >= 4 is 64.2 Å². The molecule has 0 fully saturated rings. The molecular formula is C42H62N10O9S. The molecule has 0 spiro atoms. The molecule has 0 bridgehead atoms. The molecule has 13 N–H and O–H groups in total. The minimum Gasteiger partial charge on any atom is -0.508 e. The third kappa shape index (κ3) is 19.0. The van der Waals surface area contributed by atoms with E-state index in [9.17, 15) is 43.5 Å². The number of primary amides is 1. The predicted molar refractivity (Wildman–Crippen MR) is 235 cm³/mol. The van der Waals surface area contributed by atoms with Gasteiger partial charge in [0, 0.05) is 24.8 Å². The highest BCUT2D eigenvalue weighted by Crippen LogP contribution is 2.23. The normalized spacial score (nSPS) is 14.3. The van der Waals surface area contributed by atoms with Crippen LogP contribution in [0.25, 0.3) is 0 Å². The van der Waals surface area contributed by atoms with Crippen molar-refractivity contribution in [2.45, 2.75) is 121 Å². The monoisotopic (exact) mass is 882 g/mol. The fourth-order valence-electron chi connectivity index (χ4n) is 6.02. The predicted octanol–water partition coefficient (Wildman–Crippen LogP) is 0.223. The molecule has 0 unspecified atom stereocenters. The van der Waals surface area contributed by atoms with Gasteiger partial charge in [-0.1, -0.05) is 64.4 Å². The maximum Gasteiger partial charge on any atom is 0.243 e. The molecule has 7 atom stereocenters. The summed E-state index contributed by atoms with van der Waals surface area (Å²) in [5.41, 5.74) is 16.9. The number of nitrogens with zero attached hydrogens (tertiary/aromatic N) is 1. The minimum atomic E-state index is -1.52. The van der Waals surface area contributed by atoms with Gasteiger partial charge >= 0.3 is 0 Å². The molecule has 0 heterocycles. The van der Waals surface area contributed by atoms with Gasteiger partial charge in [-0.2, -0.15) is 0 Å². The molecule has 340 valence electrons. The lowest BCUT2D eigenvalue weighted by molar-refractivity contribution is -0.135. The van der Waals surface area contributed by atoms with Crippen LogP contribution in [0.15, 0.2) is 64.5 Å². The summed E-state index contributed by atoms with van der Waals surface area (Å²) >= 11 is 0.939. The number of nitrogens with one attached hydrogen (secondary N) is 6. The standard InChI is InChI=1S/C42H62N10O9S/c1-7-24(4)35(41(61)62-29-12-9-8-10-13-29)52-40(60)33(22-34(43)55)50-36(56)25(5)47-37(57)30(14-11-19-46-42(44)45)49-39(59)32(21-27-15-17-28(54)18-16-27)51-38(58)31(20-23(2)3)48-26(6)53/h8-10,12-13,15-18,23-25,30-33,35,54H,7,11,14,19-22H2,1-6H3,(H2,43,55)(H,47,57)(H,48,53)(H,49,59)(H,50,56)(H,51,58)(H,52,60)(H4,44,45,46)/t24-,25-,30-,31-,32-,33-,35-/m0/s1. The third-order valence-electron chi connectivity index (χ3n) is 9.51. The number of aromatic hydroxyl groups is 1. The zero-order valence-electron chi connectivity index (χ0n) is 36.1. The summed E-state index contributed by atoms with van der Waals surface area (Å²) in [5, 5.41) is 25.0. The summed E-state index contributed by atoms with van der Waals surface area (Å²) in [6.45, 7) is 10.0. The van der Waals surface area contributed by atoms with Crippen molar-refractivity contribution < 1.29 is 43.5 Å². The van der Waals surface area contributed by atoms with Gasteiger partial charge in [0.15, 0.2) is 5.96 Å². The van der Waals surface area contributed by atoms with E-state index in [-0.39, 0.29) is 60.9 Å². The Morgan fingerprint density at radius 3 is 1.82 bits per heavy atom. The largest absolute Gasteiger partial charge is 0.508 e. The Hall–Kier alpha value is -6.18. The van der Waals surface area contributed by atoms with Crippen LogP contribution in [0.2, 0.25) is 0 Å². The van der Waals surface area contributed by atoms with E-state index in [1.807, 2.05) is 20.8 Å². The van der Waals surface area contributed by atoms with Gasteiger partial charge in [0.2, 0.25) is 46.5 Å². The van der Waals surface area contributed by atoms with Crippen molar-refractivity contribution in [3.63, 3.8) is 0 Å². The molecule has 0 aliphatic carbocycles. The first kappa shape index (κ1) is 52.0. The maximum atomic E-state index is 14.0. The number of phenolic OH excluding ortho intramolecular Hbond substituents is 1. The van der Waals surface area contributed by atoms with Crippen LogP contribution in [0.5, 0.6) is 5.75 Å². The van der Waals surface area contributed by atoms with Crippen molar-refractivity contribution in [3.8, 4) is 5.75 Å². The van der Waals surface area contributed by atoms with Crippen LogP contribution < -0.4 is 49.1 Å². The van der Waals surface area contributed by atoms with Crippen molar-refractivity contribution in [1.29, 1.82) is 0 Å². The quantitative estimate of drug-likeness (QED) is 0.0277. The number of amides is 7. The number of thioether (sulfide) groups is 1. The second kappa shape index (κ2) is 26.2. The topological polar surface area (TPSA) is 319 Å². The van der Waals surface area contributed by atoms with Gasteiger partial charge in [-0.25, -0.2) is 0 Å². The first-order valence-corrected chi connectivity index (χ1v) is 21.2. The van der Waals surface area contributed by atoms with Gasteiger partial charge in [-0.15, -0.1) is 0 Å². The van der Waals surface area contributed by atoms with Crippen LogP contribution in [0.3, 0.4) is 0 Å². The molecule has 7 amide bonds. The Morgan fingerprint density at radius 1 is 0.694 bits per heavy atom. The van der Waals surface area contributed by atoms with E-state index in [0.717, 1.165) is 11.8 Å². The number of nitrogens with two attached hydrogens (primary N) is 3. The van der Waals surface area contributed by atoms with Gasteiger partial charge < -0.3 is 54.2 Å². The molecule has 2 aromatic rings. The zero-order valence-corrected chi connectivity index (χ0v) is 36.9. The number of carbonyl (C=O) groups is 8. The highest BCUT2D eigenvalue weighted by atomic mass is 32.2. The number of carbonyl (C=O) groups excluding carboxylic acids is 8. The van der Waals surface area contributed by atoms with Gasteiger partial charge in [0.05, 0.1) is 6.42 Å². The van der Waals surface area contributed by atoms with Crippen LogP contribution in [0.4, 0.5) is 0 Å². The number of hydrogen-bond donors (Lipinski definition) is 10. The molecule has 0 saturated heterocycles. The van der Waals surface area contributed by atoms with Gasteiger partial charge in [-0.05, 0) is 79.6 Å². The zero-order chi connectivity index (χ0) is 46.5. The number of phenols is 1. The first-order chi connectivity index (χ1) is 29.2. The van der Waals surface area contributed by atoms with E-state index in [2.05, 4.69) is 36.9 Å². The maximum absolute atomic E-state index is 14.0. The van der Waals surface area contributed by atoms with Gasteiger partial charge in [0.25, 0.3) is 0 Å². The Balaban J connectivity index is 2.33. The number of hydrogen-bond acceptors (Lipinski definition) is 11. The SMILES string of the molecule is CC[C@H](C)[C@H](NC(=O)[C@H](CC(N)=O)NC(=O)[C@H](C)NC(=O)[C@H](CCCN=C(N)N)NC(=O)[C@H](Cc1ccc(O)cc1)NC(=O)[C@H](CC(C)C)NC(C)=O)C(=O)Sc1ccccc1. The first-order valence-electron chi connectivity index (χ1n) is 20.4. The summed E-state index contributed by atoms with van der Waals surface area (Å²) in [6, 6.07) is 7.33. The number of aliphatic imine (C=N–C) groups is 1. The molecule has 0 aromatic heterocycles. The highest BCUT2D eigenvalue weighted by molar-refractivity contribution is 8.13. The minimum absolute atomic E-state index is 0.00480. The summed E-state index contributed by atoms with van der Waals surface area (Å²) < 4.78 is 0. The third-order valence-corrected chi connectivity index (χ3v) is 10.5. The van der Waals surface area contributed by atoms with Crippen LogP contribution in [0.1, 0.15) is 79.2 Å². The summed E-state index contributed by atoms with van der Waals surface area (Å²) in [5.74, 6) is -5.91. The Kier molecular flexibility index (Phi) is 22.0. The van der Waals surface area contributed by atoms with E-state index < -0.39 is 84.0 Å². The van der Waals surface area contributed by atoms with Crippen molar-refractivity contribution in [1.82, 2.24) is 31.9 Å². The van der Waals surface area contributed by atoms with Crippen LogP contribution in [-0.2, 0) is 44.8 Å². The van der Waals surface area contributed by atoms with Crippen LogP contribution >= 0.6 is 11.8 Å². The Bertz CT molecular complexity index is 1880. The summed E-state index contributed by atoms with van der Waals surface area (Å²) in [6.07, 6.45) is 0.230. The fraction of sp³-hybridized carbons (Fsp3) is 0.500. The lowest BCUT2D eigenvalue weighted by atomic mass is 9.99. The van der Waals surface area contributed by atoms with E-state index >= 15 is 0 Å². The Morgan fingerprint density at radius 2 is 1.26 bits per heavy atom. The van der Waals surface area contributed by atoms with Gasteiger partial charge in [0.1, 0.15) is 42.0 Å². The highest BCUT2D eigenvalue weighted by Gasteiger charge is 2.34. The molecule has 0 saturated carbocycles. The molecule has 19 nitrogen and oxygen atoms in total. The van der Waals surface area contributed by atoms with E-state index in [1.54, 1.807) is 49.4 Å². The average molecular weight is 883 g/mol. The molecule has 20 heteroatoms. The fourth-order valence-corrected chi connectivity index (χ4v) is 6.96. The van der Waals surface area contributed by atoms with Crippen molar-refractivity contribution in [3.05, 3.63) is 60.2 Å². The Labute approximate surface area is 366 Å². The number of rotatable bonds is 25. The summed E-state index contributed by atoms with van der Waals surface area (Å²) in [4.78, 5) is 110. The van der Waals surface area contributed by atoms with Crippen molar-refractivity contribution in [2.24, 2.45) is 34.0 Å². The molecule has 2 aromatic carbocycles. The molecule has 0 aliphatic rings. The number of guanidine groups is 1. The average Bonchev–Trinajstić information content (AvgIpc) is 3.20. The molecular weight excluding hydrogens is 821 g/mol. The molecule has 0 aliphatic heterocycles. The van der Waals surface area contributed by atoms with Gasteiger partial charge in [-0.3, -0.25) is 43.3 Å². The molecule has 62 heavy (non-hydrogen) atoms. The van der Waals surface area contributed by atoms with Crippen molar-refractivity contribution in [2.75, 3.05) is 6.54 Å². The van der Waals surface area contributed by atoms with E-state index in [0.29, 0.717) is 16.9 Å². The van der Waals surface area contributed by atoms with E-state index in [1.165, 1.54) is 26.0 Å². The van der Waals surface area contributed by atoms with Crippen LogP contribution in [0, 0.1) is 11.8 Å². The smallest absolute Gasteiger partial charge is 0.243 e. The lowest BCUT2D eigenvalue weighted by Crippen LogP contribution is -2.59. The second-order valence-electron chi connectivity index (χ2n) is 15.4. The summed E-state index contributed by atoms with van der Waals surface area (Å²) in [7, 11) is 0.